The summed E-state index contributed by atoms with van der Waals surface area (Å²) < 4.78 is 13.3. The van der Waals surface area contributed by atoms with E-state index in [0.717, 1.165) is 6.07 Å². The zero-order chi connectivity index (χ0) is 17.7. The van der Waals surface area contributed by atoms with Gasteiger partial charge in [-0.1, -0.05) is 11.6 Å². The number of hydrogen-bond donors (Lipinski definition) is 2. The number of unbranched alkanes of at least 4 members (excludes halogenated alkanes) is 1. The molecule has 1 aliphatic heterocycles. The van der Waals surface area contributed by atoms with Crippen LogP contribution in [0.25, 0.3) is 0 Å². The predicted octanol–water partition coefficient (Wildman–Crippen LogP) is 1.36. The van der Waals surface area contributed by atoms with Crippen molar-refractivity contribution in [2.45, 2.75) is 31.4 Å². The molecule has 1 aromatic carbocycles. The average Bonchev–Trinajstić information content (AvgIpc) is 2.81. The average molecular weight is 354 g/mol. The van der Waals surface area contributed by atoms with E-state index >= 15 is 0 Å². The second-order valence-electron chi connectivity index (χ2n) is 5.62. The Bertz CT molecular complexity index is 671. The third kappa shape index (κ3) is 4.02. The number of nitrogens with zero attached hydrogens (tertiary/aromatic N) is 2. The minimum Gasteiger partial charge on any atom is -0.372 e. The molecule has 0 radical (unpaired) electrons. The van der Waals surface area contributed by atoms with Crippen molar-refractivity contribution in [2.24, 2.45) is 0 Å². The van der Waals surface area contributed by atoms with Gasteiger partial charge < -0.3 is 15.3 Å². The lowest BCUT2D eigenvalue weighted by molar-refractivity contribution is -0.154. The Kier molecular flexibility index (Phi) is 5.75. The van der Waals surface area contributed by atoms with E-state index in [1.807, 2.05) is 6.07 Å². The number of benzene rings is 1. The SMILES string of the molecule is N#CCCCN1CCC(O)(C(=O)NCc2cc(F)cc(Cl)c2)C1=O. The molecule has 0 aromatic heterocycles. The normalized spacial score (nSPS) is 20.1. The molecule has 1 aromatic rings. The number of nitrogens with one attached hydrogen (secondary N) is 1. The van der Waals surface area contributed by atoms with E-state index in [9.17, 15) is 19.1 Å². The standard InChI is InChI=1S/C16H17ClFN3O3/c17-12-7-11(8-13(18)9-12)10-20-14(22)16(24)3-6-21(15(16)23)5-2-1-4-19/h7-9,24H,1-3,5-6,10H2,(H,20,22). The number of aliphatic hydroxyl groups is 1. The van der Waals surface area contributed by atoms with Gasteiger partial charge in [0.05, 0.1) is 6.07 Å². The van der Waals surface area contributed by atoms with E-state index in [1.165, 1.54) is 17.0 Å². The summed E-state index contributed by atoms with van der Waals surface area (Å²) in [6, 6.07) is 5.81. The number of carbonyl (C=O) groups excluding carboxylic acids is 2. The highest BCUT2D eigenvalue weighted by Gasteiger charge is 2.50. The molecule has 6 nitrogen and oxygen atoms in total. The molecule has 2 amide bonds. The first-order valence-electron chi connectivity index (χ1n) is 7.49. The van der Waals surface area contributed by atoms with Crippen LogP contribution in [0.3, 0.4) is 0 Å². The molecule has 0 aliphatic carbocycles. The quantitative estimate of drug-likeness (QED) is 0.596. The zero-order valence-electron chi connectivity index (χ0n) is 12.9. The number of likely N-dealkylation sites (tertiary alicyclic amines) is 1. The summed E-state index contributed by atoms with van der Waals surface area (Å²) in [5.41, 5.74) is -1.70. The van der Waals surface area contributed by atoms with Crippen LogP contribution in [0.15, 0.2) is 18.2 Å². The van der Waals surface area contributed by atoms with Crippen LogP contribution < -0.4 is 5.32 Å². The molecule has 1 unspecified atom stereocenters. The molecule has 128 valence electrons. The molecule has 0 bridgehead atoms. The van der Waals surface area contributed by atoms with Gasteiger partial charge in [-0.3, -0.25) is 9.59 Å². The summed E-state index contributed by atoms with van der Waals surface area (Å²) in [6.45, 7) is 0.516. The van der Waals surface area contributed by atoms with Gasteiger partial charge in [0.1, 0.15) is 5.82 Å². The lowest BCUT2D eigenvalue weighted by Crippen LogP contribution is -2.52. The Balaban J connectivity index is 1.96. The smallest absolute Gasteiger partial charge is 0.264 e. The third-order valence-electron chi connectivity index (χ3n) is 3.85. The van der Waals surface area contributed by atoms with Crippen molar-refractivity contribution < 1.29 is 19.1 Å². The maximum atomic E-state index is 13.3. The van der Waals surface area contributed by atoms with Crippen LogP contribution in [0.2, 0.25) is 5.02 Å². The van der Waals surface area contributed by atoms with Gasteiger partial charge in [-0.15, -0.1) is 0 Å². The van der Waals surface area contributed by atoms with Gasteiger partial charge in [-0.2, -0.15) is 5.26 Å². The molecule has 1 saturated heterocycles. The van der Waals surface area contributed by atoms with Crippen molar-refractivity contribution in [1.29, 1.82) is 5.26 Å². The lowest BCUT2D eigenvalue weighted by Gasteiger charge is -2.21. The van der Waals surface area contributed by atoms with E-state index in [4.69, 9.17) is 16.9 Å². The highest BCUT2D eigenvalue weighted by Crippen LogP contribution is 2.24. The summed E-state index contributed by atoms with van der Waals surface area (Å²) in [5.74, 6) is -2.03. The number of hydrogen-bond acceptors (Lipinski definition) is 4. The molecule has 8 heteroatoms. The maximum absolute atomic E-state index is 13.3. The Labute approximate surface area is 143 Å². The van der Waals surface area contributed by atoms with Crippen LogP contribution >= 0.6 is 11.6 Å². The van der Waals surface area contributed by atoms with Crippen molar-refractivity contribution in [2.75, 3.05) is 13.1 Å². The van der Waals surface area contributed by atoms with Gasteiger partial charge in [0.25, 0.3) is 11.8 Å². The fourth-order valence-corrected chi connectivity index (χ4v) is 2.83. The minimum atomic E-state index is -2.12. The van der Waals surface area contributed by atoms with E-state index in [2.05, 4.69) is 5.32 Å². The molecular weight excluding hydrogens is 337 g/mol. The Hall–Kier alpha value is -2.17. The van der Waals surface area contributed by atoms with Crippen LogP contribution in [0, 0.1) is 17.1 Å². The van der Waals surface area contributed by atoms with E-state index in [1.54, 1.807) is 0 Å². The molecule has 1 heterocycles. The Morgan fingerprint density at radius 1 is 1.50 bits per heavy atom. The third-order valence-corrected chi connectivity index (χ3v) is 4.07. The molecule has 1 fully saturated rings. The first-order valence-corrected chi connectivity index (χ1v) is 7.86. The molecule has 24 heavy (non-hydrogen) atoms. The van der Waals surface area contributed by atoms with Crippen LogP contribution in [-0.4, -0.2) is 40.5 Å². The van der Waals surface area contributed by atoms with Gasteiger partial charge >= 0.3 is 0 Å². The van der Waals surface area contributed by atoms with Gasteiger partial charge in [-0.25, -0.2) is 4.39 Å². The zero-order valence-corrected chi connectivity index (χ0v) is 13.6. The number of amides is 2. The van der Waals surface area contributed by atoms with Crippen molar-refractivity contribution in [3.8, 4) is 6.07 Å². The van der Waals surface area contributed by atoms with Crippen molar-refractivity contribution in [3.63, 3.8) is 0 Å². The largest absolute Gasteiger partial charge is 0.372 e. The first kappa shape index (κ1) is 18.2. The Morgan fingerprint density at radius 2 is 2.25 bits per heavy atom. The van der Waals surface area contributed by atoms with Gasteiger partial charge in [0.15, 0.2) is 0 Å². The van der Waals surface area contributed by atoms with Crippen LogP contribution in [0.1, 0.15) is 24.8 Å². The molecule has 1 aliphatic rings. The number of halogens is 2. The second kappa shape index (κ2) is 7.60. The summed E-state index contributed by atoms with van der Waals surface area (Å²) in [7, 11) is 0. The second-order valence-corrected chi connectivity index (χ2v) is 6.06. The highest BCUT2D eigenvalue weighted by molar-refractivity contribution is 6.30. The molecule has 0 saturated carbocycles. The molecule has 2 N–H and O–H groups in total. The molecular formula is C16H17ClFN3O3. The van der Waals surface area contributed by atoms with E-state index in [-0.39, 0.29) is 24.5 Å². The van der Waals surface area contributed by atoms with E-state index in [0.29, 0.717) is 24.9 Å². The predicted molar refractivity (Wildman–Crippen MR) is 84.3 cm³/mol. The summed E-state index contributed by atoms with van der Waals surface area (Å²) in [5, 5.41) is 21.5. The van der Waals surface area contributed by atoms with Crippen LogP contribution in [-0.2, 0) is 16.1 Å². The van der Waals surface area contributed by atoms with Crippen molar-refractivity contribution >= 4 is 23.4 Å². The summed E-state index contributed by atoms with van der Waals surface area (Å²) in [6.07, 6.45) is 0.768. The van der Waals surface area contributed by atoms with Crippen molar-refractivity contribution in [3.05, 3.63) is 34.6 Å². The number of rotatable bonds is 6. The Morgan fingerprint density at radius 3 is 2.92 bits per heavy atom. The van der Waals surface area contributed by atoms with Crippen LogP contribution in [0.5, 0.6) is 0 Å². The summed E-state index contributed by atoms with van der Waals surface area (Å²) in [4.78, 5) is 25.8. The minimum absolute atomic E-state index is 0.0197. The van der Waals surface area contributed by atoms with Crippen molar-refractivity contribution in [1.82, 2.24) is 10.2 Å². The van der Waals surface area contributed by atoms with Gasteiger partial charge in [0.2, 0.25) is 5.60 Å². The fourth-order valence-electron chi connectivity index (χ4n) is 2.58. The summed E-state index contributed by atoms with van der Waals surface area (Å²) >= 11 is 5.74. The fraction of sp³-hybridized carbons (Fsp3) is 0.438. The van der Waals surface area contributed by atoms with Crippen LogP contribution in [0.4, 0.5) is 4.39 Å². The monoisotopic (exact) mass is 353 g/mol. The highest BCUT2D eigenvalue weighted by atomic mass is 35.5. The molecule has 2 rings (SSSR count). The molecule has 0 spiro atoms. The number of nitriles is 1. The van der Waals surface area contributed by atoms with Gasteiger partial charge in [-0.05, 0) is 30.2 Å². The molecule has 1 atom stereocenters. The topological polar surface area (TPSA) is 93.4 Å². The first-order chi connectivity index (χ1) is 11.4. The lowest BCUT2D eigenvalue weighted by atomic mass is 10.0. The maximum Gasteiger partial charge on any atom is 0.264 e. The van der Waals surface area contributed by atoms with Gasteiger partial charge in [0, 0.05) is 37.5 Å². The number of carbonyl (C=O) groups is 2. The van der Waals surface area contributed by atoms with E-state index < -0.39 is 23.2 Å².